The molecule has 0 aliphatic rings. The molecule has 1 aromatic rings. The zero-order valence-corrected chi connectivity index (χ0v) is 11.0. The fourth-order valence-corrected chi connectivity index (χ4v) is 1.53. The summed E-state index contributed by atoms with van der Waals surface area (Å²) < 4.78 is 39.3. The molecule has 0 saturated heterocycles. The summed E-state index contributed by atoms with van der Waals surface area (Å²) >= 11 is 0. The number of aromatic nitrogens is 1. The molecule has 0 aromatic carbocycles. The third kappa shape index (κ3) is 4.11. The third-order valence-electron chi connectivity index (χ3n) is 2.33. The van der Waals surface area contributed by atoms with Crippen LogP contribution in [-0.2, 0) is 4.79 Å². The second-order valence-electron chi connectivity index (χ2n) is 4.30. The van der Waals surface area contributed by atoms with E-state index in [0.717, 1.165) is 0 Å². The first-order valence-corrected chi connectivity index (χ1v) is 5.91. The molecule has 0 saturated carbocycles. The number of carbonyl (C=O) groups excluding carboxylic acids is 1. The van der Waals surface area contributed by atoms with E-state index in [-0.39, 0.29) is 30.9 Å². The Morgan fingerprint density at radius 3 is 2.53 bits per heavy atom. The first kappa shape index (κ1) is 15.3. The highest BCUT2D eigenvalue weighted by Gasteiger charge is 2.19. The maximum absolute atomic E-state index is 13.5. The number of amides is 1. The zero-order valence-electron chi connectivity index (χ0n) is 11.0. The summed E-state index contributed by atoms with van der Waals surface area (Å²) in [6.07, 6.45) is 0. The minimum Gasteiger partial charge on any atom is -0.352 e. The number of likely N-dealkylation sites (N-methyl/N-ethyl adjacent to an activating group) is 1. The van der Waals surface area contributed by atoms with E-state index in [2.05, 4.69) is 10.3 Å². The fourth-order valence-electron chi connectivity index (χ4n) is 1.53. The van der Waals surface area contributed by atoms with Crippen molar-refractivity contribution in [3.8, 4) is 0 Å². The molecule has 0 aliphatic carbocycles. The van der Waals surface area contributed by atoms with E-state index in [4.69, 9.17) is 0 Å². The van der Waals surface area contributed by atoms with Crippen LogP contribution in [0.2, 0.25) is 0 Å². The summed E-state index contributed by atoms with van der Waals surface area (Å²) in [6, 6.07) is 0.356. The lowest BCUT2D eigenvalue weighted by Crippen LogP contribution is -2.40. The average Bonchev–Trinajstić information content (AvgIpc) is 2.30. The van der Waals surface area contributed by atoms with Gasteiger partial charge in [-0.2, -0.15) is 9.37 Å². The van der Waals surface area contributed by atoms with Crippen LogP contribution < -0.4 is 10.2 Å². The van der Waals surface area contributed by atoms with Gasteiger partial charge in [-0.25, -0.2) is 8.78 Å². The Hall–Kier alpha value is -1.79. The molecule has 0 bridgehead atoms. The molecule has 1 N–H and O–H groups in total. The van der Waals surface area contributed by atoms with Gasteiger partial charge >= 0.3 is 0 Å². The van der Waals surface area contributed by atoms with Gasteiger partial charge in [0.15, 0.2) is 17.5 Å². The van der Waals surface area contributed by atoms with Crippen molar-refractivity contribution in [3.63, 3.8) is 0 Å². The molecule has 7 heteroatoms. The summed E-state index contributed by atoms with van der Waals surface area (Å²) in [5.41, 5.74) is 0. The lowest BCUT2D eigenvalue weighted by atomic mass is 10.3. The quantitative estimate of drug-likeness (QED) is 0.834. The van der Waals surface area contributed by atoms with Gasteiger partial charge in [0.05, 0.1) is 6.54 Å². The maximum atomic E-state index is 13.5. The molecule has 1 aromatic heterocycles. The van der Waals surface area contributed by atoms with Gasteiger partial charge in [0, 0.05) is 18.7 Å². The highest BCUT2D eigenvalue weighted by atomic mass is 19.2. The van der Waals surface area contributed by atoms with Gasteiger partial charge in [-0.15, -0.1) is 0 Å². The predicted octanol–water partition coefficient (Wildman–Crippen LogP) is 1.85. The van der Waals surface area contributed by atoms with E-state index in [1.165, 1.54) is 4.90 Å². The molecule has 0 fully saturated rings. The molecule has 1 amide bonds. The normalized spacial score (nSPS) is 10.7. The van der Waals surface area contributed by atoms with Crippen LogP contribution in [0.5, 0.6) is 0 Å². The van der Waals surface area contributed by atoms with Crippen LogP contribution in [0, 0.1) is 17.6 Å². The summed E-state index contributed by atoms with van der Waals surface area (Å²) in [5, 5.41) is 2.62. The monoisotopic (exact) mass is 275 g/mol. The van der Waals surface area contributed by atoms with Gasteiger partial charge in [0.2, 0.25) is 5.91 Å². The van der Waals surface area contributed by atoms with E-state index in [1.807, 2.05) is 0 Å². The van der Waals surface area contributed by atoms with E-state index >= 15 is 0 Å². The number of pyridine rings is 1. The van der Waals surface area contributed by atoms with Crippen LogP contribution in [0.3, 0.4) is 0 Å². The molecule has 0 aliphatic heterocycles. The van der Waals surface area contributed by atoms with Gasteiger partial charge in [-0.05, 0) is 20.8 Å². The molecule has 0 spiro atoms. The molecule has 0 atom stereocenters. The van der Waals surface area contributed by atoms with Gasteiger partial charge in [0.1, 0.15) is 0 Å². The van der Waals surface area contributed by atoms with Crippen LogP contribution in [0.4, 0.5) is 19.0 Å². The van der Waals surface area contributed by atoms with Crippen molar-refractivity contribution < 1.29 is 18.0 Å². The molecular weight excluding hydrogens is 259 g/mol. The zero-order chi connectivity index (χ0) is 14.6. The molecular formula is C12H16F3N3O. The van der Waals surface area contributed by atoms with Gasteiger partial charge < -0.3 is 10.2 Å². The Morgan fingerprint density at radius 2 is 2.00 bits per heavy atom. The smallest absolute Gasteiger partial charge is 0.251 e. The number of rotatable bonds is 5. The number of hydrogen-bond donors (Lipinski definition) is 1. The number of nitrogens with one attached hydrogen (secondary N) is 1. The number of halogens is 3. The standard InChI is InChI=1S/C12H16F3N3O/c1-4-18(6-10(19)16-7(2)3)12-9(14)5-8(13)11(15)17-12/h5,7H,4,6H2,1-3H3,(H,16,19). The fraction of sp³-hybridized carbons (Fsp3) is 0.500. The molecule has 4 nitrogen and oxygen atoms in total. The van der Waals surface area contributed by atoms with Crippen molar-refractivity contribution >= 4 is 11.7 Å². The SMILES string of the molecule is CCN(CC(=O)NC(C)C)c1nc(F)c(F)cc1F. The van der Waals surface area contributed by atoms with E-state index in [0.29, 0.717) is 6.07 Å². The van der Waals surface area contributed by atoms with E-state index in [9.17, 15) is 18.0 Å². The summed E-state index contributed by atoms with van der Waals surface area (Å²) in [4.78, 5) is 16.0. The van der Waals surface area contributed by atoms with Crippen molar-refractivity contribution in [2.24, 2.45) is 0 Å². The van der Waals surface area contributed by atoms with E-state index in [1.54, 1.807) is 20.8 Å². The van der Waals surface area contributed by atoms with Gasteiger partial charge in [-0.1, -0.05) is 0 Å². The number of nitrogens with zero attached hydrogens (tertiary/aromatic N) is 2. The average molecular weight is 275 g/mol. The first-order chi connectivity index (χ1) is 8.85. The predicted molar refractivity (Wildman–Crippen MR) is 65.3 cm³/mol. The lowest BCUT2D eigenvalue weighted by molar-refractivity contribution is -0.120. The second-order valence-corrected chi connectivity index (χ2v) is 4.30. The largest absolute Gasteiger partial charge is 0.352 e. The van der Waals surface area contributed by atoms with Crippen molar-refractivity contribution in [1.29, 1.82) is 0 Å². The highest BCUT2D eigenvalue weighted by Crippen LogP contribution is 2.18. The van der Waals surface area contributed by atoms with Crippen LogP contribution in [0.1, 0.15) is 20.8 Å². The van der Waals surface area contributed by atoms with Crippen LogP contribution in [0.25, 0.3) is 0 Å². The summed E-state index contributed by atoms with van der Waals surface area (Å²) in [5.74, 6) is -4.47. The Morgan fingerprint density at radius 1 is 1.37 bits per heavy atom. The molecule has 1 heterocycles. The third-order valence-corrected chi connectivity index (χ3v) is 2.33. The Bertz CT molecular complexity index is 466. The van der Waals surface area contributed by atoms with Crippen molar-refractivity contribution in [3.05, 3.63) is 23.6 Å². The van der Waals surface area contributed by atoms with Crippen molar-refractivity contribution in [2.45, 2.75) is 26.8 Å². The van der Waals surface area contributed by atoms with Gasteiger partial charge in [-0.3, -0.25) is 4.79 Å². The van der Waals surface area contributed by atoms with Crippen molar-refractivity contribution in [1.82, 2.24) is 10.3 Å². The molecule has 1 rings (SSSR count). The molecule has 106 valence electrons. The minimum atomic E-state index is -1.39. The molecule has 0 radical (unpaired) electrons. The van der Waals surface area contributed by atoms with Crippen LogP contribution >= 0.6 is 0 Å². The number of anilines is 1. The maximum Gasteiger partial charge on any atom is 0.251 e. The lowest BCUT2D eigenvalue weighted by Gasteiger charge is -2.22. The summed E-state index contributed by atoms with van der Waals surface area (Å²) in [6.45, 7) is 5.28. The molecule has 0 unspecified atom stereocenters. The number of carbonyl (C=O) groups is 1. The first-order valence-electron chi connectivity index (χ1n) is 5.91. The second kappa shape index (κ2) is 6.40. The Labute approximate surface area is 109 Å². The Kier molecular flexibility index (Phi) is 5.14. The minimum absolute atomic E-state index is 0.0611. The number of hydrogen-bond acceptors (Lipinski definition) is 3. The van der Waals surface area contributed by atoms with E-state index < -0.39 is 17.6 Å². The van der Waals surface area contributed by atoms with Crippen LogP contribution in [-0.4, -0.2) is 30.0 Å². The summed E-state index contributed by atoms with van der Waals surface area (Å²) in [7, 11) is 0. The van der Waals surface area contributed by atoms with Crippen LogP contribution in [0.15, 0.2) is 6.07 Å². The molecule has 19 heavy (non-hydrogen) atoms. The topological polar surface area (TPSA) is 45.2 Å². The van der Waals surface area contributed by atoms with Crippen molar-refractivity contribution in [2.75, 3.05) is 18.0 Å². The van der Waals surface area contributed by atoms with Gasteiger partial charge in [0.25, 0.3) is 5.95 Å². The highest BCUT2D eigenvalue weighted by molar-refractivity contribution is 5.81. The Balaban J connectivity index is 2.91.